The largest absolute Gasteiger partial charge is 0.505 e. The number of rotatable bonds is 4. The molecule has 90 valence electrons. The highest BCUT2D eigenvalue weighted by atomic mass is 19.1. The molecular weight excluding hydrogens is 205 g/mol. The molecule has 0 spiro atoms. The maximum atomic E-state index is 13.3. The van der Waals surface area contributed by atoms with Gasteiger partial charge in [-0.2, -0.15) is 0 Å². The summed E-state index contributed by atoms with van der Waals surface area (Å²) < 4.78 is 13.3. The lowest BCUT2D eigenvalue weighted by atomic mass is 9.83. The smallest absolute Gasteiger partial charge is 0.165 e. The molecule has 0 aliphatic rings. The fraction of sp³-hybridized carbons (Fsp3) is 0.538. The van der Waals surface area contributed by atoms with Crippen LogP contribution in [0.4, 0.5) is 4.39 Å². The number of aromatic hydroxyl groups is 1. The van der Waals surface area contributed by atoms with Crippen molar-refractivity contribution >= 4 is 0 Å². The van der Waals surface area contributed by atoms with Gasteiger partial charge in [-0.05, 0) is 55.0 Å². The summed E-state index contributed by atoms with van der Waals surface area (Å²) in [6.07, 6.45) is 0.836. The molecule has 0 saturated heterocycles. The van der Waals surface area contributed by atoms with Gasteiger partial charge in [-0.3, -0.25) is 0 Å². The summed E-state index contributed by atoms with van der Waals surface area (Å²) in [6.45, 7) is 6.68. The third kappa shape index (κ3) is 2.73. The van der Waals surface area contributed by atoms with E-state index in [1.807, 2.05) is 6.92 Å². The van der Waals surface area contributed by atoms with Gasteiger partial charge in [-0.15, -0.1) is 0 Å². The summed E-state index contributed by atoms with van der Waals surface area (Å²) in [4.78, 5) is 0. The molecule has 0 radical (unpaired) electrons. The maximum Gasteiger partial charge on any atom is 0.165 e. The Kier molecular flexibility index (Phi) is 4.30. The Hall–Kier alpha value is -1.09. The zero-order valence-electron chi connectivity index (χ0n) is 10.1. The van der Waals surface area contributed by atoms with Gasteiger partial charge in [-0.25, -0.2) is 4.39 Å². The summed E-state index contributed by atoms with van der Waals surface area (Å²) >= 11 is 0. The Morgan fingerprint density at radius 3 is 2.50 bits per heavy atom. The van der Waals surface area contributed by atoms with E-state index < -0.39 is 5.82 Å². The van der Waals surface area contributed by atoms with Crippen LogP contribution in [0, 0.1) is 18.7 Å². The number of halogens is 1. The molecule has 0 saturated carbocycles. The van der Waals surface area contributed by atoms with E-state index in [1.54, 1.807) is 0 Å². The van der Waals surface area contributed by atoms with E-state index in [0.29, 0.717) is 12.5 Å². The first-order valence-electron chi connectivity index (χ1n) is 5.66. The van der Waals surface area contributed by atoms with Gasteiger partial charge in [0.25, 0.3) is 0 Å². The molecule has 0 bridgehead atoms. The highest BCUT2D eigenvalue weighted by Gasteiger charge is 2.18. The van der Waals surface area contributed by atoms with Crippen LogP contribution in [0.1, 0.15) is 37.3 Å². The molecule has 16 heavy (non-hydrogen) atoms. The zero-order chi connectivity index (χ0) is 12.3. The molecule has 1 aromatic rings. The predicted molar refractivity (Wildman–Crippen MR) is 64.1 cm³/mol. The van der Waals surface area contributed by atoms with E-state index in [9.17, 15) is 9.50 Å². The van der Waals surface area contributed by atoms with Crippen molar-refractivity contribution in [3.8, 4) is 5.75 Å². The molecule has 0 amide bonds. The Balaban J connectivity index is 3.13. The van der Waals surface area contributed by atoms with Crippen LogP contribution in [-0.4, -0.2) is 11.7 Å². The van der Waals surface area contributed by atoms with E-state index in [2.05, 4.69) is 13.8 Å². The average Bonchev–Trinajstić information content (AvgIpc) is 2.20. The van der Waals surface area contributed by atoms with Crippen molar-refractivity contribution in [2.45, 2.75) is 33.1 Å². The molecule has 0 aliphatic carbocycles. The van der Waals surface area contributed by atoms with Gasteiger partial charge < -0.3 is 10.8 Å². The van der Waals surface area contributed by atoms with Gasteiger partial charge >= 0.3 is 0 Å². The fourth-order valence-electron chi connectivity index (χ4n) is 2.11. The van der Waals surface area contributed by atoms with Gasteiger partial charge in [0.15, 0.2) is 11.6 Å². The Morgan fingerprint density at radius 2 is 2.00 bits per heavy atom. The molecule has 0 fully saturated rings. The predicted octanol–water partition coefficient (Wildman–Crippen LogP) is 2.93. The van der Waals surface area contributed by atoms with E-state index in [4.69, 9.17) is 5.73 Å². The van der Waals surface area contributed by atoms with Crippen LogP contribution in [0.3, 0.4) is 0 Å². The first-order valence-corrected chi connectivity index (χ1v) is 5.66. The molecule has 2 nitrogen and oxygen atoms in total. The monoisotopic (exact) mass is 225 g/mol. The SMILES string of the molecule is Cc1cc(O)c(F)cc1C(CCN)C(C)C. The number of hydrogen-bond donors (Lipinski definition) is 2. The molecule has 0 aliphatic heterocycles. The number of benzene rings is 1. The Labute approximate surface area is 96.3 Å². The van der Waals surface area contributed by atoms with Gasteiger partial charge in [0.2, 0.25) is 0 Å². The van der Waals surface area contributed by atoms with Crippen molar-refractivity contribution < 1.29 is 9.50 Å². The van der Waals surface area contributed by atoms with Crippen molar-refractivity contribution in [1.82, 2.24) is 0 Å². The normalized spacial score (nSPS) is 13.1. The van der Waals surface area contributed by atoms with Crippen molar-refractivity contribution in [2.75, 3.05) is 6.54 Å². The molecule has 1 aromatic carbocycles. The third-order valence-electron chi connectivity index (χ3n) is 3.02. The lowest BCUT2D eigenvalue weighted by molar-refractivity contribution is 0.425. The van der Waals surface area contributed by atoms with Crippen LogP contribution in [0.5, 0.6) is 5.75 Å². The fourth-order valence-corrected chi connectivity index (χ4v) is 2.11. The van der Waals surface area contributed by atoms with E-state index in [1.165, 1.54) is 12.1 Å². The molecule has 0 aromatic heterocycles. The van der Waals surface area contributed by atoms with E-state index in [-0.39, 0.29) is 11.7 Å². The van der Waals surface area contributed by atoms with Crippen molar-refractivity contribution in [3.63, 3.8) is 0 Å². The van der Waals surface area contributed by atoms with E-state index >= 15 is 0 Å². The Morgan fingerprint density at radius 1 is 1.38 bits per heavy atom. The summed E-state index contributed by atoms with van der Waals surface area (Å²) in [7, 11) is 0. The second-order valence-corrected chi connectivity index (χ2v) is 4.59. The van der Waals surface area contributed by atoms with Gasteiger partial charge in [0.05, 0.1) is 0 Å². The van der Waals surface area contributed by atoms with Crippen LogP contribution < -0.4 is 5.73 Å². The number of nitrogens with two attached hydrogens (primary N) is 1. The second-order valence-electron chi connectivity index (χ2n) is 4.59. The second kappa shape index (κ2) is 5.30. The minimum absolute atomic E-state index is 0.250. The van der Waals surface area contributed by atoms with Crippen molar-refractivity contribution in [2.24, 2.45) is 11.7 Å². The van der Waals surface area contributed by atoms with Crippen LogP contribution in [-0.2, 0) is 0 Å². The van der Waals surface area contributed by atoms with Gasteiger partial charge in [0, 0.05) is 0 Å². The average molecular weight is 225 g/mol. The highest BCUT2D eigenvalue weighted by molar-refractivity contribution is 5.37. The topological polar surface area (TPSA) is 46.2 Å². The summed E-state index contributed by atoms with van der Waals surface area (Å²) in [6, 6.07) is 2.92. The van der Waals surface area contributed by atoms with E-state index in [0.717, 1.165) is 17.5 Å². The number of aryl methyl sites for hydroxylation is 1. The van der Waals surface area contributed by atoms with Gasteiger partial charge in [-0.1, -0.05) is 13.8 Å². The summed E-state index contributed by atoms with van der Waals surface area (Å²) in [5, 5.41) is 9.28. The molecule has 1 rings (SSSR count). The highest BCUT2D eigenvalue weighted by Crippen LogP contribution is 2.32. The van der Waals surface area contributed by atoms with Crippen LogP contribution >= 0.6 is 0 Å². The minimum Gasteiger partial charge on any atom is -0.505 e. The molecule has 3 N–H and O–H groups in total. The first-order chi connectivity index (χ1) is 7.47. The van der Waals surface area contributed by atoms with Crippen LogP contribution in [0.15, 0.2) is 12.1 Å². The first kappa shape index (κ1) is 13.0. The zero-order valence-corrected chi connectivity index (χ0v) is 10.1. The lowest BCUT2D eigenvalue weighted by Gasteiger charge is -2.22. The molecule has 1 unspecified atom stereocenters. The molecular formula is C13H20FNO. The maximum absolute atomic E-state index is 13.3. The number of hydrogen-bond acceptors (Lipinski definition) is 2. The standard InChI is InChI=1S/C13H20FNO/c1-8(2)10(4-5-15)11-7-12(14)13(16)6-9(11)3/h6-8,10,16H,4-5,15H2,1-3H3. The third-order valence-corrected chi connectivity index (χ3v) is 3.02. The van der Waals surface area contributed by atoms with Crippen LogP contribution in [0.2, 0.25) is 0 Å². The van der Waals surface area contributed by atoms with Crippen LogP contribution in [0.25, 0.3) is 0 Å². The van der Waals surface area contributed by atoms with Gasteiger partial charge in [0.1, 0.15) is 0 Å². The number of phenolic OH excluding ortho intramolecular Hbond substituents is 1. The summed E-state index contributed by atoms with van der Waals surface area (Å²) in [5.41, 5.74) is 7.46. The Bertz CT molecular complexity index is 363. The summed E-state index contributed by atoms with van der Waals surface area (Å²) in [5.74, 6) is -0.175. The quantitative estimate of drug-likeness (QED) is 0.827. The number of phenols is 1. The molecule has 1 atom stereocenters. The van der Waals surface area contributed by atoms with Crippen molar-refractivity contribution in [1.29, 1.82) is 0 Å². The lowest BCUT2D eigenvalue weighted by Crippen LogP contribution is -2.14. The molecule has 0 heterocycles. The molecule has 3 heteroatoms. The minimum atomic E-state index is -0.553. The van der Waals surface area contributed by atoms with Crippen molar-refractivity contribution in [3.05, 3.63) is 29.1 Å².